The molecule has 1 fully saturated rings. The van der Waals surface area contributed by atoms with Gasteiger partial charge in [-0.25, -0.2) is 19.4 Å². The van der Waals surface area contributed by atoms with Crippen LogP contribution in [0.5, 0.6) is 0 Å². The van der Waals surface area contributed by atoms with Crippen molar-refractivity contribution < 1.29 is 9.53 Å². The summed E-state index contributed by atoms with van der Waals surface area (Å²) in [5, 5.41) is 11.2. The lowest BCUT2D eigenvalue weighted by molar-refractivity contribution is 0.159. The fourth-order valence-electron chi connectivity index (χ4n) is 5.09. The average Bonchev–Trinajstić information content (AvgIpc) is 3.49. The molecule has 202 valence electrons. The van der Waals surface area contributed by atoms with Crippen LogP contribution in [0, 0.1) is 20.8 Å². The van der Waals surface area contributed by atoms with Crippen LogP contribution in [0.4, 0.5) is 10.6 Å². The molecule has 3 heterocycles. The number of aryl methyl sites for hydroxylation is 2. The minimum Gasteiger partial charge on any atom is -0.383 e. The lowest BCUT2D eigenvalue weighted by Crippen LogP contribution is -2.42. The van der Waals surface area contributed by atoms with Gasteiger partial charge >= 0.3 is 6.03 Å². The molecule has 2 atom stereocenters. The number of urea groups is 1. The summed E-state index contributed by atoms with van der Waals surface area (Å²) in [5.41, 5.74) is 5.63. The minimum atomic E-state index is -0.266. The lowest BCUT2D eigenvalue weighted by Gasteiger charge is -2.21. The Balaban J connectivity index is 1.41. The Hall–Kier alpha value is -4.08. The van der Waals surface area contributed by atoms with Gasteiger partial charge in [-0.15, -0.1) is 0 Å². The van der Waals surface area contributed by atoms with Crippen molar-refractivity contribution in [1.29, 1.82) is 0 Å². The molecule has 5 rings (SSSR count). The first kappa shape index (κ1) is 26.5. The second kappa shape index (κ2) is 11.8. The maximum Gasteiger partial charge on any atom is 0.320 e. The van der Waals surface area contributed by atoms with Gasteiger partial charge in [-0.1, -0.05) is 48.0 Å². The van der Waals surface area contributed by atoms with E-state index in [4.69, 9.17) is 9.84 Å². The first-order chi connectivity index (χ1) is 18.9. The van der Waals surface area contributed by atoms with Crippen LogP contribution in [0.3, 0.4) is 0 Å². The van der Waals surface area contributed by atoms with Crippen LogP contribution in [0.1, 0.15) is 28.4 Å². The molecule has 0 radical (unpaired) electrons. The van der Waals surface area contributed by atoms with Gasteiger partial charge in [-0.3, -0.25) is 10.2 Å². The number of nitrogens with zero attached hydrogens (tertiary/aromatic N) is 5. The fourth-order valence-corrected chi connectivity index (χ4v) is 5.09. The highest BCUT2D eigenvalue weighted by Crippen LogP contribution is 2.31. The molecular formula is C30H35N7O2. The van der Waals surface area contributed by atoms with Gasteiger partial charge < -0.3 is 10.1 Å². The summed E-state index contributed by atoms with van der Waals surface area (Å²) >= 11 is 0. The Morgan fingerprint density at radius 3 is 2.41 bits per heavy atom. The average molecular weight is 526 g/mol. The molecule has 0 unspecified atom stereocenters. The van der Waals surface area contributed by atoms with Crippen molar-refractivity contribution in [2.24, 2.45) is 0 Å². The van der Waals surface area contributed by atoms with E-state index in [9.17, 15) is 4.79 Å². The van der Waals surface area contributed by atoms with Crippen molar-refractivity contribution in [3.63, 3.8) is 0 Å². The van der Waals surface area contributed by atoms with E-state index >= 15 is 0 Å². The van der Waals surface area contributed by atoms with Crippen molar-refractivity contribution in [1.82, 2.24) is 30.0 Å². The van der Waals surface area contributed by atoms with Crippen molar-refractivity contribution in [2.45, 2.75) is 32.7 Å². The molecule has 2 aromatic heterocycles. The van der Waals surface area contributed by atoms with Gasteiger partial charge in [0.05, 0.1) is 18.3 Å². The number of aromatic nitrogens is 4. The molecule has 9 heteroatoms. The quantitative estimate of drug-likeness (QED) is 0.352. The molecule has 0 bridgehead atoms. The topological polar surface area (TPSA) is 97.2 Å². The van der Waals surface area contributed by atoms with E-state index in [0.717, 1.165) is 42.1 Å². The molecule has 0 saturated carbocycles. The fraction of sp³-hybridized carbons (Fsp3) is 0.333. The maximum atomic E-state index is 13.5. The number of carbonyl (C=O) groups excluding carboxylic acids is 1. The number of para-hydroxylation sites is 1. The van der Waals surface area contributed by atoms with Crippen LogP contribution in [-0.4, -0.2) is 70.1 Å². The predicted octanol–water partition coefficient (Wildman–Crippen LogP) is 4.49. The number of ether oxygens (including phenoxy) is 1. The van der Waals surface area contributed by atoms with E-state index in [1.807, 2.05) is 44.2 Å². The molecular weight excluding hydrogens is 490 g/mol. The van der Waals surface area contributed by atoms with Crippen LogP contribution < -0.4 is 10.6 Å². The Labute approximate surface area is 229 Å². The van der Waals surface area contributed by atoms with Gasteiger partial charge in [0, 0.05) is 56.2 Å². The molecule has 2 aromatic carbocycles. The molecule has 2 amide bonds. The van der Waals surface area contributed by atoms with Crippen LogP contribution in [-0.2, 0) is 4.74 Å². The number of likely N-dealkylation sites (tertiary alicyclic amines) is 1. The number of amides is 2. The summed E-state index contributed by atoms with van der Waals surface area (Å²) in [4.78, 5) is 24.5. The molecule has 0 spiro atoms. The Kier molecular flexibility index (Phi) is 7.99. The first-order valence-electron chi connectivity index (χ1n) is 13.2. The number of benzene rings is 2. The third kappa shape index (κ3) is 6.00. The van der Waals surface area contributed by atoms with Crippen LogP contribution >= 0.6 is 0 Å². The highest BCUT2D eigenvalue weighted by Gasteiger charge is 2.35. The van der Waals surface area contributed by atoms with Crippen LogP contribution in [0.2, 0.25) is 0 Å². The van der Waals surface area contributed by atoms with E-state index in [1.165, 1.54) is 11.1 Å². The van der Waals surface area contributed by atoms with E-state index < -0.39 is 0 Å². The van der Waals surface area contributed by atoms with Gasteiger partial charge in [0.1, 0.15) is 17.3 Å². The normalized spacial score (nSPS) is 17.3. The lowest BCUT2D eigenvalue weighted by atomic mass is 9.94. The monoisotopic (exact) mass is 525 g/mol. The van der Waals surface area contributed by atoms with Crippen molar-refractivity contribution in [3.05, 3.63) is 89.5 Å². The first-order valence-corrected chi connectivity index (χ1v) is 13.2. The maximum absolute atomic E-state index is 13.5. The summed E-state index contributed by atoms with van der Waals surface area (Å²) in [7, 11) is 1.71. The van der Waals surface area contributed by atoms with E-state index in [0.29, 0.717) is 18.2 Å². The molecule has 4 aromatic rings. The SMILES string of the molecule is COCCN1C[C@@H](NC(=O)Nc2c(C)c(-c3cnc(C)nc3)nn2-c2ccccc2)[C@H](c2ccc(C)cc2)C1. The zero-order valence-electron chi connectivity index (χ0n) is 22.9. The molecule has 39 heavy (non-hydrogen) atoms. The van der Waals surface area contributed by atoms with Crippen molar-refractivity contribution >= 4 is 11.8 Å². The molecule has 1 saturated heterocycles. The number of hydrogen-bond acceptors (Lipinski definition) is 6. The van der Waals surface area contributed by atoms with Crippen molar-refractivity contribution in [2.75, 3.05) is 38.7 Å². The second-order valence-electron chi connectivity index (χ2n) is 10.1. The van der Waals surface area contributed by atoms with Gasteiger partial charge in [0.2, 0.25) is 0 Å². The van der Waals surface area contributed by atoms with Crippen LogP contribution in [0.25, 0.3) is 16.9 Å². The highest BCUT2D eigenvalue weighted by molar-refractivity contribution is 5.91. The predicted molar refractivity (Wildman–Crippen MR) is 152 cm³/mol. The number of methoxy groups -OCH3 is 1. The Morgan fingerprint density at radius 2 is 1.72 bits per heavy atom. The minimum absolute atomic E-state index is 0.0528. The smallest absolute Gasteiger partial charge is 0.320 e. The number of nitrogens with one attached hydrogen (secondary N) is 2. The summed E-state index contributed by atoms with van der Waals surface area (Å²) in [6.45, 7) is 8.96. The molecule has 0 aliphatic carbocycles. The number of rotatable bonds is 8. The zero-order valence-corrected chi connectivity index (χ0v) is 22.9. The summed E-state index contributed by atoms with van der Waals surface area (Å²) < 4.78 is 7.07. The van der Waals surface area contributed by atoms with Gasteiger partial charge in [-0.2, -0.15) is 5.10 Å². The van der Waals surface area contributed by atoms with Gasteiger partial charge in [0.15, 0.2) is 0 Å². The van der Waals surface area contributed by atoms with Gasteiger partial charge in [-0.05, 0) is 38.5 Å². The van der Waals surface area contributed by atoms with E-state index in [-0.39, 0.29) is 18.0 Å². The highest BCUT2D eigenvalue weighted by atomic mass is 16.5. The van der Waals surface area contributed by atoms with E-state index in [2.05, 4.69) is 56.7 Å². The Bertz CT molecular complexity index is 1400. The number of anilines is 1. The Morgan fingerprint density at radius 1 is 1.00 bits per heavy atom. The van der Waals surface area contributed by atoms with Crippen molar-refractivity contribution in [3.8, 4) is 16.9 Å². The largest absolute Gasteiger partial charge is 0.383 e. The van der Waals surface area contributed by atoms with Crippen LogP contribution in [0.15, 0.2) is 67.0 Å². The summed E-state index contributed by atoms with van der Waals surface area (Å²) in [5.74, 6) is 1.47. The molecule has 2 N–H and O–H groups in total. The number of carbonyl (C=O) groups is 1. The summed E-state index contributed by atoms with van der Waals surface area (Å²) in [6.07, 6.45) is 3.52. The third-order valence-electron chi connectivity index (χ3n) is 7.24. The zero-order chi connectivity index (χ0) is 27.4. The van der Waals surface area contributed by atoms with E-state index in [1.54, 1.807) is 24.2 Å². The second-order valence-corrected chi connectivity index (χ2v) is 10.1. The summed E-state index contributed by atoms with van der Waals surface area (Å²) in [6, 6.07) is 18.0. The molecule has 9 nitrogen and oxygen atoms in total. The standard InChI is InChI=1S/C30H35N7O2/c1-20-10-12-23(13-11-20)26-18-36(14-15-39-4)19-27(26)33-30(38)34-29-21(2)28(24-16-31-22(3)32-17-24)35-37(29)25-8-6-5-7-9-25/h5-13,16-17,26-27H,14-15,18-19H2,1-4H3,(H2,33,34,38)/t26-,27+/m0/s1. The number of hydrogen-bond donors (Lipinski definition) is 2. The molecule has 1 aliphatic heterocycles. The molecule has 1 aliphatic rings. The van der Waals surface area contributed by atoms with Gasteiger partial charge in [0.25, 0.3) is 0 Å². The third-order valence-corrected chi connectivity index (χ3v) is 7.24.